The van der Waals surface area contributed by atoms with Crippen LogP contribution >= 0.6 is 0 Å². The van der Waals surface area contributed by atoms with Crippen molar-refractivity contribution in [2.75, 3.05) is 11.9 Å². The van der Waals surface area contributed by atoms with E-state index in [9.17, 15) is 4.79 Å². The number of aryl methyl sites for hydroxylation is 1. The van der Waals surface area contributed by atoms with Crippen molar-refractivity contribution in [2.24, 2.45) is 17.4 Å². The van der Waals surface area contributed by atoms with Gasteiger partial charge in [0.05, 0.1) is 5.56 Å². The first-order valence-corrected chi connectivity index (χ1v) is 8.63. The second-order valence-electron chi connectivity index (χ2n) is 6.79. The zero-order chi connectivity index (χ0) is 17.1. The van der Waals surface area contributed by atoms with E-state index in [1.54, 1.807) is 0 Å². The second kappa shape index (κ2) is 7.09. The predicted molar refractivity (Wildman–Crippen MR) is 97.9 cm³/mol. The highest BCUT2D eigenvalue weighted by Gasteiger charge is 2.19. The predicted octanol–water partition coefficient (Wildman–Crippen LogP) is 3.02. The summed E-state index contributed by atoms with van der Waals surface area (Å²) < 4.78 is 0. The number of nitrogens with two attached hydrogens (primary N) is 2. The number of H-pyrrole nitrogens is 1. The number of nitrogens with one attached hydrogen (secondary N) is 2. The highest BCUT2D eigenvalue weighted by atomic mass is 16.1. The quantitative estimate of drug-likeness (QED) is 0.680. The number of carbonyl (C=O) groups excluding carboxylic acids is 1. The van der Waals surface area contributed by atoms with Gasteiger partial charge >= 0.3 is 0 Å². The standard InChI is InChI=1S/C19H26N4O/c1-12-16(19(21)24)10-18(23-12)15-4-2-3-5-17(15)22-11-13-6-8-14(20)9-7-13/h2-5,10,13-14,22-23H,6-9,11,20H2,1H3,(H2,21,24)/t13-,14+. The third-order valence-corrected chi connectivity index (χ3v) is 4.97. The molecular formula is C19H26N4O. The summed E-state index contributed by atoms with van der Waals surface area (Å²) in [5.74, 6) is 0.267. The van der Waals surface area contributed by atoms with E-state index in [4.69, 9.17) is 11.5 Å². The van der Waals surface area contributed by atoms with Crippen molar-refractivity contribution in [1.29, 1.82) is 0 Å². The van der Waals surface area contributed by atoms with E-state index in [2.05, 4.69) is 22.4 Å². The van der Waals surface area contributed by atoms with Crippen LogP contribution in [0.25, 0.3) is 11.3 Å². The fraction of sp³-hybridized carbons (Fsp3) is 0.421. The van der Waals surface area contributed by atoms with Gasteiger partial charge in [0, 0.05) is 35.2 Å². The molecule has 1 aliphatic rings. The highest BCUT2D eigenvalue weighted by Crippen LogP contribution is 2.30. The Morgan fingerprint density at radius 1 is 1.25 bits per heavy atom. The molecule has 2 aromatic rings. The van der Waals surface area contributed by atoms with E-state index >= 15 is 0 Å². The molecule has 1 amide bonds. The van der Waals surface area contributed by atoms with Crippen LogP contribution in [0.3, 0.4) is 0 Å². The number of aromatic nitrogens is 1. The van der Waals surface area contributed by atoms with Gasteiger partial charge in [0.15, 0.2) is 0 Å². The fourth-order valence-electron chi connectivity index (χ4n) is 3.48. The number of amides is 1. The Morgan fingerprint density at radius 3 is 2.62 bits per heavy atom. The topological polar surface area (TPSA) is 96.9 Å². The lowest BCUT2D eigenvalue weighted by molar-refractivity contribution is 0.1000. The monoisotopic (exact) mass is 326 g/mol. The van der Waals surface area contributed by atoms with Crippen LogP contribution in [0.15, 0.2) is 30.3 Å². The molecule has 3 rings (SSSR count). The van der Waals surface area contributed by atoms with Crippen molar-refractivity contribution in [1.82, 2.24) is 4.98 Å². The molecule has 0 atom stereocenters. The SMILES string of the molecule is Cc1[nH]c(-c2ccccc2NC[C@H]2CC[C@@H](N)CC2)cc1C(N)=O. The zero-order valence-electron chi connectivity index (χ0n) is 14.1. The minimum absolute atomic E-state index is 0.377. The van der Waals surface area contributed by atoms with Gasteiger partial charge < -0.3 is 21.8 Å². The van der Waals surface area contributed by atoms with E-state index in [1.807, 2.05) is 25.1 Å². The summed E-state index contributed by atoms with van der Waals surface area (Å²) in [6.45, 7) is 2.82. The summed E-state index contributed by atoms with van der Waals surface area (Å²) in [7, 11) is 0. The summed E-state index contributed by atoms with van der Waals surface area (Å²) >= 11 is 0. The molecule has 5 nitrogen and oxygen atoms in total. The maximum Gasteiger partial charge on any atom is 0.250 e. The van der Waals surface area contributed by atoms with Gasteiger partial charge in [-0.05, 0) is 50.7 Å². The number of rotatable bonds is 5. The lowest BCUT2D eigenvalue weighted by Crippen LogP contribution is -2.29. The van der Waals surface area contributed by atoms with Crippen molar-refractivity contribution in [2.45, 2.75) is 38.6 Å². The Bertz CT molecular complexity index is 714. The van der Waals surface area contributed by atoms with Gasteiger partial charge in [0.1, 0.15) is 0 Å². The molecule has 24 heavy (non-hydrogen) atoms. The summed E-state index contributed by atoms with van der Waals surface area (Å²) in [6, 6.07) is 10.4. The van der Waals surface area contributed by atoms with Gasteiger partial charge in [-0.3, -0.25) is 4.79 Å². The summed E-state index contributed by atoms with van der Waals surface area (Å²) in [5, 5.41) is 3.58. The van der Waals surface area contributed by atoms with Crippen LogP contribution in [0.4, 0.5) is 5.69 Å². The van der Waals surface area contributed by atoms with Crippen molar-refractivity contribution >= 4 is 11.6 Å². The Kier molecular flexibility index (Phi) is 4.90. The van der Waals surface area contributed by atoms with E-state index in [0.29, 0.717) is 17.5 Å². The molecule has 1 fully saturated rings. The molecule has 0 saturated heterocycles. The van der Waals surface area contributed by atoms with Crippen molar-refractivity contribution in [3.63, 3.8) is 0 Å². The van der Waals surface area contributed by atoms with Crippen molar-refractivity contribution in [3.8, 4) is 11.3 Å². The number of hydrogen-bond acceptors (Lipinski definition) is 3. The van der Waals surface area contributed by atoms with Crippen LogP contribution in [0.5, 0.6) is 0 Å². The average molecular weight is 326 g/mol. The van der Waals surface area contributed by atoms with E-state index in [0.717, 1.165) is 42.0 Å². The minimum Gasteiger partial charge on any atom is -0.384 e. The fourth-order valence-corrected chi connectivity index (χ4v) is 3.48. The third kappa shape index (κ3) is 3.62. The van der Waals surface area contributed by atoms with Crippen LogP contribution in [0.1, 0.15) is 41.7 Å². The molecule has 0 radical (unpaired) electrons. The van der Waals surface area contributed by atoms with Crippen LogP contribution in [0.2, 0.25) is 0 Å². The van der Waals surface area contributed by atoms with Crippen molar-refractivity contribution in [3.05, 3.63) is 41.6 Å². The molecular weight excluding hydrogens is 300 g/mol. The van der Waals surface area contributed by atoms with Crippen LogP contribution in [-0.4, -0.2) is 23.5 Å². The number of aromatic amines is 1. The Balaban J connectivity index is 1.76. The van der Waals surface area contributed by atoms with E-state index in [-0.39, 0.29) is 0 Å². The second-order valence-corrected chi connectivity index (χ2v) is 6.79. The molecule has 1 aromatic heterocycles. The molecule has 1 aliphatic carbocycles. The number of carbonyl (C=O) groups is 1. The zero-order valence-corrected chi connectivity index (χ0v) is 14.1. The van der Waals surface area contributed by atoms with Crippen molar-refractivity contribution < 1.29 is 4.79 Å². The maximum atomic E-state index is 11.5. The highest BCUT2D eigenvalue weighted by molar-refractivity contribution is 5.96. The Hall–Kier alpha value is -2.27. The first-order chi connectivity index (χ1) is 11.5. The lowest BCUT2D eigenvalue weighted by atomic mass is 9.86. The van der Waals surface area contributed by atoms with Gasteiger partial charge in [-0.2, -0.15) is 0 Å². The Labute approximate surface area is 142 Å². The Morgan fingerprint density at radius 2 is 1.96 bits per heavy atom. The molecule has 0 spiro atoms. The minimum atomic E-state index is -0.404. The number of para-hydroxylation sites is 1. The molecule has 1 aromatic carbocycles. The molecule has 6 N–H and O–H groups in total. The molecule has 1 saturated carbocycles. The molecule has 0 aliphatic heterocycles. The smallest absolute Gasteiger partial charge is 0.250 e. The number of anilines is 1. The first-order valence-electron chi connectivity index (χ1n) is 8.63. The third-order valence-electron chi connectivity index (χ3n) is 4.97. The lowest BCUT2D eigenvalue weighted by Gasteiger charge is -2.26. The van der Waals surface area contributed by atoms with Crippen LogP contribution < -0.4 is 16.8 Å². The van der Waals surface area contributed by atoms with E-state index < -0.39 is 5.91 Å². The van der Waals surface area contributed by atoms with Gasteiger partial charge in [0.2, 0.25) is 0 Å². The van der Waals surface area contributed by atoms with Crippen LogP contribution in [-0.2, 0) is 0 Å². The van der Waals surface area contributed by atoms with Gasteiger partial charge in [-0.15, -0.1) is 0 Å². The average Bonchev–Trinajstić information content (AvgIpc) is 2.96. The molecule has 1 heterocycles. The van der Waals surface area contributed by atoms with Gasteiger partial charge in [-0.1, -0.05) is 18.2 Å². The summed E-state index contributed by atoms with van der Waals surface area (Å²) in [4.78, 5) is 14.8. The van der Waals surface area contributed by atoms with Crippen LogP contribution in [0, 0.1) is 12.8 Å². The maximum absolute atomic E-state index is 11.5. The summed E-state index contributed by atoms with van der Waals surface area (Å²) in [6.07, 6.45) is 4.60. The molecule has 0 bridgehead atoms. The number of hydrogen-bond donors (Lipinski definition) is 4. The summed E-state index contributed by atoms with van der Waals surface area (Å²) in [5.41, 5.74) is 15.8. The van der Waals surface area contributed by atoms with Gasteiger partial charge in [-0.25, -0.2) is 0 Å². The first kappa shape index (κ1) is 16.6. The largest absolute Gasteiger partial charge is 0.384 e. The normalized spacial score (nSPS) is 20.8. The molecule has 0 unspecified atom stereocenters. The molecule has 128 valence electrons. The number of primary amides is 1. The number of benzene rings is 1. The van der Waals surface area contributed by atoms with Gasteiger partial charge in [0.25, 0.3) is 5.91 Å². The van der Waals surface area contributed by atoms with E-state index in [1.165, 1.54) is 12.8 Å². The molecule has 5 heteroatoms.